The van der Waals surface area contributed by atoms with Gasteiger partial charge in [0, 0.05) is 16.3 Å². The van der Waals surface area contributed by atoms with Crippen LogP contribution < -0.4 is 5.32 Å². The normalized spacial score (nSPS) is 10.3. The molecule has 2 aromatic rings. The fourth-order valence-corrected chi connectivity index (χ4v) is 3.59. The van der Waals surface area contributed by atoms with Crippen LogP contribution >= 0.6 is 34.7 Å². The van der Waals surface area contributed by atoms with Crippen molar-refractivity contribution in [1.29, 1.82) is 0 Å². The van der Waals surface area contributed by atoms with Crippen molar-refractivity contribution in [2.45, 2.75) is 5.75 Å². The zero-order valence-corrected chi connectivity index (χ0v) is 13.2. The number of carboxylic acids is 1. The van der Waals surface area contributed by atoms with Gasteiger partial charge in [0.25, 0.3) is 0 Å². The molecule has 21 heavy (non-hydrogen) atoms. The van der Waals surface area contributed by atoms with Gasteiger partial charge in [-0.3, -0.25) is 4.79 Å². The Morgan fingerprint density at radius 3 is 2.48 bits per heavy atom. The van der Waals surface area contributed by atoms with Gasteiger partial charge in [-0.25, -0.2) is 4.79 Å². The van der Waals surface area contributed by atoms with Crippen molar-refractivity contribution >= 4 is 52.3 Å². The van der Waals surface area contributed by atoms with Gasteiger partial charge in [-0.1, -0.05) is 11.6 Å². The van der Waals surface area contributed by atoms with E-state index < -0.39 is 5.97 Å². The van der Waals surface area contributed by atoms with E-state index in [1.54, 1.807) is 12.1 Å². The van der Waals surface area contributed by atoms with Crippen LogP contribution in [0.5, 0.6) is 0 Å². The number of carbonyl (C=O) groups is 2. The summed E-state index contributed by atoms with van der Waals surface area (Å²) < 4.78 is 0.744. The van der Waals surface area contributed by atoms with E-state index in [9.17, 15) is 9.59 Å². The predicted molar refractivity (Wildman–Crippen MR) is 87.5 cm³/mol. The van der Waals surface area contributed by atoms with E-state index in [0.717, 1.165) is 15.0 Å². The Hall–Kier alpha value is -1.50. The second-order valence-corrected chi connectivity index (χ2v) is 6.91. The topological polar surface area (TPSA) is 66.4 Å². The first-order chi connectivity index (χ1) is 10.0. The van der Waals surface area contributed by atoms with Crippen molar-refractivity contribution in [2.24, 2.45) is 0 Å². The van der Waals surface area contributed by atoms with Crippen molar-refractivity contribution in [3.63, 3.8) is 0 Å². The van der Waals surface area contributed by atoms with Crippen LogP contribution in [0, 0.1) is 0 Å². The first-order valence-electron chi connectivity index (χ1n) is 6.00. The molecular weight excluding hydrogens is 330 g/mol. The molecule has 0 saturated heterocycles. The van der Waals surface area contributed by atoms with Gasteiger partial charge in [-0.2, -0.15) is 0 Å². The van der Waals surface area contributed by atoms with Crippen molar-refractivity contribution in [1.82, 2.24) is 0 Å². The summed E-state index contributed by atoms with van der Waals surface area (Å²) in [4.78, 5) is 23.6. The summed E-state index contributed by atoms with van der Waals surface area (Å²) in [5, 5.41) is 11.5. The third-order valence-corrected chi connectivity index (χ3v) is 4.92. The second-order valence-electron chi connectivity index (χ2n) is 4.13. The van der Waals surface area contributed by atoms with Crippen molar-refractivity contribution in [3.05, 3.63) is 51.2 Å². The molecule has 4 nitrogen and oxygen atoms in total. The van der Waals surface area contributed by atoms with E-state index in [1.165, 1.54) is 35.2 Å². The summed E-state index contributed by atoms with van der Waals surface area (Å²) in [7, 11) is 0. The summed E-state index contributed by atoms with van der Waals surface area (Å²) in [6.07, 6.45) is 0. The minimum absolute atomic E-state index is 0.120. The molecule has 0 aliphatic rings. The van der Waals surface area contributed by atoms with E-state index in [2.05, 4.69) is 5.32 Å². The number of carbonyl (C=O) groups excluding carboxylic acids is 1. The molecule has 0 radical (unpaired) electrons. The van der Waals surface area contributed by atoms with Crippen molar-refractivity contribution < 1.29 is 14.7 Å². The van der Waals surface area contributed by atoms with Crippen LogP contribution in [0.1, 0.15) is 15.2 Å². The number of hydrogen-bond acceptors (Lipinski definition) is 4. The fourth-order valence-electron chi connectivity index (χ4n) is 1.57. The number of hydrogen-bond donors (Lipinski definition) is 2. The van der Waals surface area contributed by atoms with Crippen molar-refractivity contribution in [2.75, 3.05) is 11.1 Å². The number of thioether (sulfide) groups is 1. The molecule has 0 fully saturated rings. The minimum Gasteiger partial charge on any atom is -0.478 e. The maximum atomic E-state index is 11.8. The highest BCUT2D eigenvalue weighted by Gasteiger charge is 2.06. The zero-order valence-electron chi connectivity index (χ0n) is 10.8. The van der Waals surface area contributed by atoms with Crippen molar-refractivity contribution in [3.8, 4) is 0 Å². The summed E-state index contributed by atoms with van der Waals surface area (Å²) in [5.41, 5.74) is 0.779. The van der Waals surface area contributed by atoms with Gasteiger partial charge in [0.05, 0.1) is 15.7 Å². The first kappa shape index (κ1) is 15.9. The summed E-state index contributed by atoms with van der Waals surface area (Å²) in [6, 6.07) is 9.85. The van der Waals surface area contributed by atoms with Gasteiger partial charge >= 0.3 is 5.97 Å². The van der Waals surface area contributed by atoms with Gasteiger partial charge in [0.15, 0.2) is 0 Å². The molecule has 1 aromatic heterocycles. The van der Waals surface area contributed by atoms with Gasteiger partial charge < -0.3 is 10.4 Å². The molecule has 7 heteroatoms. The predicted octanol–water partition coefficient (Wildman–Crippen LogP) is 3.97. The maximum Gasteiger partial charge on any atom is 0.335 e. The number of aromatic carboxylic acids is 1. The molecule has 110 valence electrons. The van der Waals surface area contributed by atoms with Crippen LogP contribution in [0.15, 0.2) is 36.4 Å². The van der Waals surface area contributed by atoms with Crippen LogP contribution in [-0.2, 0) is 10.5 Å². The largest absolute Gasteiger partial charge is 0.478 e. The number of benzene rings is 1. The van der Waals surface area contributed by atoms with E-state index in [0.29, 0.717) is 11.4 Å². The van der Waals surface area contributed by atoms with Crippen LogP contribution in [0.25, 0.3) is 0 Å². The van der Waals surface area contributed by atoms with Crippen LogP contribution in [0.3, 0.4) is 0 Å². The minimum atomic E-state index is -0.988. The number of anilines is 1. The lowest BCUT2D eigenvalue weighted by Gasteiger charge is -2.05. The van der Waals surface area contributed by atoms with Crippen LogP contribution in [0.2, 0.25) is 4.34 Å². The summed E-state index contributed by atoms with van der Waals surface area (Å²) >= 11 is 8.84. The Labute approximate surface area is 135 Å². The molecule has 0 aliphatic carbocycles. The van der Waals surface area contributed by atoms with Gasteiger partial charge in [0.2, 0.25) is 5.91 Å². The standard InChI is InChI=1S/C14H12ClNO3S2/c15-12-6-5-11(21-12)7-20-8-13(17)16-10-3-1-9(2-4-10)14(18)19/h1-6H,7-8H2,(H,16,17)(H,18,19). The Kier molecular flexibility index (Phi) is 5.67. The molecule has 1 amide bonds. The number of nitrogens with one attached hydrogen (secondary N) is 1. The quantitative estimate of drug-likeness (QED) is 0.834. The number of thiophene rings is 1. The molecule has 1 aromatic carbocycles. The third-order valence-electron chi connectivity index (χ3n) is 2.52. The molecule has 2 rings (SSSR count). The van der Waals surface area contributed by atoms with Crippen LogP contribution in [-0.4, -0.2) is 22.7 Å². The second kappa shape index (κ2) is 7.49. The molecule has 2 N–H and O–H groups in total. The monoisotopic (exact) mass is 341 g/mol. The summed E-state index contributed by atoms with van der Waals surface area (Å²) in [5.74, 6) is -0.0392. The van der Waals surface area contributed by atoms with E-state index >= 15 is 0 Å². The Balaban J connectivity index is 1.77. The lowest BCUT2D eigenvalue weighted by molar-refractivity contribution is -0.113. The summed E-state index contributed by atoms with van der Waals surface area (Å²) in [6.45, 7) is 0. The smallest absolute Gasteiger partial charge is 0.335 e. The SMILES string of the molecule is O=C(CSCc1ccc(Cl)s1)Nc1ccc(C(=O)O)cc1. The first-order valence-corrected chi connectivity index (χ1v) is 8.34. The lowest BCUT2D eigenvalue weighted by atomic mass is 10.2. The number of rotatable bonds is 6. The molecule has 0 atom stereocenters. The highest BCUT2D eigenvalue weighted by Crippen LogP contribution is 2.25. The number of halogens is 1. The van der Waals surface area contributed by atoms with Gasteiger partial charge in [0.1, 0.15) is 0 Å². The molecule has 0 spiro atoms. The van der Waals surface area contributed by atoms with Gasteiger partial charge in [-0.05, 0) is 36.4 Å². The lowest BCUT2D eigenvalue weighted by Crippen LogP contribution is -2.14. The van der Waals surface area contributed by atoms with E-state index in [1.807, 2.05) is 12.1 Å². The molecular formula is C14H12ClNO3S2. The highest BCUT2D eigenvalue weighted by molar-refractivity contribution is 7.99. The van der Waals surface area contributed by atoms with E-state index in [4.69, 9.17) is 16.7 Å². The molecule has 1 heterocycles. The molecule has 0 unspecified atom stereocenters. The van der Waals surface area contributed by atoms with Crippen LogP contribution in [0.4, 0.5) is 5.69 Å². The average molecular weight is 342 g/mol. The molecule has 0 bridgehead atoms. The average Bonchev–Trinajstić information content (AvgIpc) is 2.85. The Morgan fingerprint density at radius 2 is 1.90 bits per heavy atom. The Morgan fingerprint density at radius 1 is 1.19 bits per heavy atom. The molecule has 0 aliphatic heterocycles. The van der Waals surface area contributed by atoms with Gasteiger partial charge in [-0.15, -0.1) is 23.1 Å². The number of carboxylic acid groups (broad SMARTS) is 1. The zero-order chi connectivity index (χ0) is 15.2. The van der Waals surface area contributed by atoms with E-state index in [-0.39, 0.29) is 11.5 Å². The Bertz CT molecular complexity index is 640. The number of amides is 1. The highest BCUT2D eigenvalue weighted by atomic mass is 35.5. The third kappa shape index (κ3) is 5.08. The molecule has 0 saturated carbocycles. The fraction of sp³-hybridized carbons (Fsp3) is 0.143. The maximum absolute atomic E-state index is 11.8.